The summed E-state index contributed by atoms with van der Waals surface area (Å²) in [5.41, 5.74) is 2.03. The third kappa shape index (κ3) is 3.34. The number of amides is 1. The molecule has 0 fully saturated rings. The van der Waals surface area contributed by atoms with Crippen molar-refractivity contribution in [1.29, 1.82) is 0 Å². The van der Waals surface area contributed by atoms with E-state index in [1.165, 1.54) is 5.56 Å². The zero-order valence-corrected chi connectivity index (χ0v) is 14.1. The lowest BCUT2D eigenvalue weighted by Gasteiger charge is -2.26. The number of rotatable bonds is 5. The van der Waals surface area contributed by atoms with Crippen LogP contribution >= 0.6 is 0 Å². The van der Waals surface area contributed by atoms with E-state index >= 15 is 0 Å². The molecule has 0 bridgehead atoms. The molecule has 8 nitrogen and oxygen atoms in total. The van der Waals surface area contributed by atoms with Gasteiger partial charge in [0.25, 0.3) is 5.91 Å². The molecule has 1 aliphatic heterocycles. The molecule has 0 saturated heterocycles. The Kier molecular flexibility index (Phi) is 4.10. The van der Waals surface area contributed by atoms with Gasteiger partial charge in [0.05, 0.1) is 31.3 Å². The molecule has 25 heavy (non-hydrogen) atoms. The van der Waals surface area contributed by atoms with Gasteiger partial charge in [0.15, 0.2) is 5.82 Å². The highest BCUT2D eigenvalue weighted by Crippen LogP contribution is 2.16. The SMILES string of the molecule is Cn1ccnc1C(=O)NCc1cn2c(n1)CN(Cc1ccoc1)CC2. The van der Waals surface area contributed by atoms with E-state index in [2.05, 4.69) is 24.8 Å². The number of carbonyl (C=O) groups excluding carboxylic acids is 1. The lowest BCUT2D eigenvalue weighted by atomic mass is 10.3. The highest BCUT2D eigenvalue weighted by atomic mass is 16.3. The highest BCUT2D eigenvalue weighted by Gasteiger charge is 2.19. The second kappa shape index (κ2) is 6.56. The first-order valence-electron chi connectivity index (χ1n) is 8.23. The van der Waals surface area contributed by atoms with E-state index < -0.39 is 0 Å². The molecule has 0 aliphatic carbocycles. The third-order valence-corrected chi connectivity index (χ3v) is 4.37. The Hall–Kier alpha value is -2.87. The zero-order chi connectivity index (χ0) is 17.2. The first-order chi connectivity index (χ1) is 12.2. The average molecular weight is 340 g/mol. The fourth-order valence-electron chi connectivity index (χ4n) is 3.06. The van der Waals surface area contributed by atoms with Crippen LogP contribution < -0.4 is 5.32 Å². The van der Waals surface area contributed by atoms with Gasteiger partial charge in [-0.1, -0.05) is 0 Å². The predicted molar refractivity (Wildman–Crippen MR) is 89.4 cm³/mol. The van der Waals surface area contributed by atoms with Crippen molar-refractivity contribution in [1.82, 2.24) is 29.3 Å². The van der Waals surface area contributed by atoms with Gasteiger partial charge < -0.3 is 18.9 Å². The molecule has 0 atom stereocenters. The van der Waals surface area contributed by atoms with Crippen LogP contribution in [-0.2, 0) is 33.2 Å². The average Bonchev–Trinajstić information content (AvgIpc) is 3.33. The number of hydrogen-bond donors (Lipinski definition) is 1. The number of imidazole rings is 2. The van der Waals surface area contributed by atoms with Crippen LogP contribution in [0.15, 0.2) is 41.6 Å². The summed E-state index contributed by atoms with van der Waals surface area (Å²) < 4.78 is 8.98. The Morgan fingerprint density at radius 1 is 1.40 bits per heavy atom. The maximum Gasteiger partial charge on any atom is 0.287 e. The molecule has 0 spiro atoms. The molecular weight excluding hydrogens is 320 g/mol. The van der Waals surface area contributed by atoms with Crippen molar-refractivity contribution in [3.63, 3.8) is 0 Å². The van der Waals surface area contributed by atoms with Gasteiger partial charge in [-0.25, -0.2) is 9.97 Å². The fourth-order valence-corrected chi connectivity index (χ4v) is 3.06. The molecule has 8 heteroatoms. The summed E-state index contributed by atoms with van der Waals surface area (Å²) in [5.74, 6) is 1.23. The Balaban J connectivity index is 1.37. The monoisotopic (exact) mass is 340 g/mol. The molecular formula is C17H20N6O2. The number of nitrogens with zero attached hydrogens (tertiary/aromatic N) is 5. The van der Waals surface area contributed by atoms with Crippen molar-refractivity contribution in [2.75, 3.05) is 6.54 Å². The van der Waals surface area contributed by atoms with Crippen LogP contribution in [0.3, 0.4) is 0 Å². The molecule has 4 rings (SSSR count). The van der Waals surface area contributed by atoms with Crippen molar-refractivity contribution < 1.29 is 9.21 Å². The molecule has 1 N–H and O–H groups in total. The standard InChI is InChI=1S/C17H20N6O2/c1-21-4-3-18-16(21)17(24)19-8-14-10-23-6-5-22(11-15(23)20-14)9-13-2-7-25-12-13/h2-4,7,10,12H,5-6,8-9,11H2,1H3,(H,19,24). The summed E-state index contributed by atoms with van der Waals surface area (Å²) in [6.45, 7) is 3.90. The van der Waals surface area contributed by atoms with E-state index in [0.717, 1.165) is 37.7 Å². The van der Waals surface area contributed by atoms with Gasteiger partial charge in [-0.3, -0.25) is 9.69 Å². The summed E-state index contributed by atoms with van der Waals surface area (Å²) in [5, 5.41) is 2.87. The van der Waals surface area contributed by atoms with Crippen molar-refractivity contribution >= 4 is 5.91 Å². The van der Waals surface area contributed by atoms with Crippen LogP contribution in [-0.4, -0.2) is 36.5 Å². The van der Waals surface area contributed by atoms with Gasteiger partial charge in [-0.2, -0.15) is 0 Å². The van der Waals surface area contributed by atoms with E-state index in [1.54, 1.807) is 36.5 Å². The Morgan fingerprint density at radius 2 is 2.32 bits per heavy atom. The second-order valence-corrected chi connectivity index (χ2v) is 6.23. The molecule has 0 aromatic carbocycles. The van der Waals surface area contributed by atoms with Crippen LogP contribution in [0, 0.1) is 0 Å². The Morgan fingerprint density at radius 3 is 3.08 bits per heavy atom. The van der Waals surface area contributed by atoms with Gasteiger partial charge in [0, 0.05) is 50.8 Å². The minimum atomic E-state index is -0.194. The molecule has 4 heterocycles. The number of nitrogens with one attached hydrogen (secondary N) is 1. The Labute approximate surface area is 145 Å². The van der Waals surface area contributed by atoms with Gasteiger partial charge in [-0.15, -0.1) is 0 Å². The van der Waals surface area contributed by atoms with Crippen molar-refractivity contribution in [2.45, 2.75) is 26.2 Å². The summed E-state index contributed by atoms with van der Waals surface area (Å²) >= 11 is 0. The van der Waals surface area contributed by atoms with Crippen molar-refractivity contribution in [3.8, 4) is 0 Å². The van der Waals surface area contributed by atoms with E-state index in [-0.39, 0.29) is 5.91 Å². The van der Waals surface area contributed by atoms with Crippen LogP contribution in [0.4, 0.5) is 0 Å². The third-order valence-electron chi connectivity index (χ3n) is 4.37. The van der Waals surface area contributed by atoms with Crippen LogP contribution in [0.25, 0.3) is 0 Å². The Bertz CT molecular complexity index is 864. The van der Waals surface area contributed by atoms with Gasteiger partial charge in [0.2, 0.25) is 0 Å². The molecule has 0 saturated carbocycles. The van der Waals surface area contributed by atoms with E-state index in [0.29, 0.717) is 12.4 Å². The molecule has 130 valence electrons. The van der Waals surface area contributed by atoms with Crippen LogP contribution in [0.5, 0.6) is 0 Å². The highest BCUT2D eigenvalue weighted by molar-refractivity contribution is 5.90. The first-order valence-corrected chi connectivity index (χ1v) is 8.23. The maximum atomic E-state index is 12.1. The summed E-state index contributed by atoms with van der Waals surface area (Å²) in [7, 11) is 1.80. The number of hydrogen-bond acceptors (Lipinski definition) is 5. The number of furan rings is 1. The summed E-state index contributed by atoms with van der Waals surface area (Å²) in [6.07, 6.45) is 8.85. The van der Waals surface area contributed by atoms with E-state index in [4.69, 9.17) is 4.42 Å². The van der Waals surface area contributed by atoms with E-state index in [9.17, 15) is 4.79 Å². The number of fused-ring (bicyclic) bond motifs is 1. The zero-order valence-electron chi connectivity index (χ0n) is 14.1. The fraction of sp³-hybridized carbons (Fsp3) is 0.353. The quantitative estimate of drug-likeness (QED) is 0.754. The smallest absolute Gasteiger partial charge is 0.287 e. The minimum absolute atomic E-state index is 0.194. The van der Waals surface area contributed by atoms with Gasteiger partial charge in [-0.05, 0) is 6.07 Å². The first kappa shape index (κ1) is 15.6. The van der Waals surface area contributed by atoms with Gasteiger partial charge >= 0.3 is 0 Å². The summed E-state index contributed by atoms with van der Waals surface area (Å²) in [6, 6.07) is 1.99. The number of carbonyl (C=O) groups is 1. The summed E-state index contributed by atoms with van der Waals surface area (Å²) in [4.78, 5) is 23.2. The maximum absolute atomic E-state index is 12.1. The molecule has 1 amide bonds. The predicted octanol–water partition coefficient (Wildman–Crippen LogP) is 1.16. The molecule has 1 aliphatic rings. The van der Waals surface area contributed by atoms with E-state index in [1.807, 2.05) is 12.3 Å². The molecule has 0 radical (unpaired) electrons. The van der Waals surface area contributed by atoms with Crippen molar-refractivity contribution in [3.05, 3.63) is 60.1 Å². The topological polar surface area (TPSA) is 81.1 Å². The largest absolute Gasteiger partial charge is 0.472 e. The lowest BCUT2D eigenvalue weighted by molar-refractivity contribution is 0.0937. The van der Waals surface area contributed by atoms with Gasteiger partial charge in [0.1, 0.15) is 5.82 Å². The number of aromatic nitrogens is 4. The minimum Gasteiger partial charge on any atom is -0.472 e. The second-order valence-electron chi connectivity index (χ2n) is 6.23. The van der Waals surface area contributed by atoms with Crippen molar-refractivity contribution in [2.24, 2.45) is 7.05 Å². The molecule has 3 aromatic heterocycles. The van der Waals surface area contributed by atoms with Crippen LogP contribution in [0.2, 0.25) is 0 Å². The molecule has 3 aromatic rings. The lowest BCUT2D eigenvalue weighted by Crippen LogP contribution is -2.33. The van der Waals surface area contributed by atoms with Crippen LogP contribution in [0.1, 0.15) is 27.7 Å². The molecule has 0 unspecified atom stereocenters. The number of aryl methyl sites for hydroxylation is 1. The normalized spacial score (nSPS) is 14.4.